The number of hydrogen-bond donors (Lipinski definition) is 3. The van der Waals surface area contributed by atoms with Crippen LogP contribution in [0.2, 0.25) is 0 Å². The first-order chi connectivity index (χ1) is 11.6. The highest BCUT2D eigenvalue weighted by Gasteiger charge is 2.28. The van der Waals surface area contributed by atoms with E-state index in [-0.39, 0.29) is 19.1 Å². The number of amides is 1. The van der Waals surface area contributed by atoms with Gasteiger partial charge < -0.3 is 15.2 Å². The molecule has 0 saturated carbocycles. The van der Waals surface area contributed by atoms with Crippen LogP contribution in [0.25, 0.3) is 11.1 Å². The van der Waals surface area contributed by atoms with Gasteiger partial charge in [0.05, 0.1) is 6.54 Å². The molecule has 122 valence electrons. The zero-order valence-electron chi connectivity index (χ0n) is 12.8. The number of nitrogens with one attached hydrogen (secondary N) is 2. The van der Waals surface area contributed by atoms with Crippen molar-refractivity contribution in [3.05, 3.63) is 59.7 Å². The second-order valence-electron chi connectivity index (χ2n) is 5.46. The lowest BCUT2D eigenvalue weighted by molar-refractivity contribution is -0.129. The predicted octanol–water partition coefficient (Wildman–Crippen LogP) is 2.63. The van der Waals surface area contributed by atoms with E-state index in [0.717, 1.165) is 22.3 Å². The Morgan fingerprint density at radius 2 is 1.58 bits per heavy atom. The van der Waals surface area contributed by atoms with E-state index in [1.807, 2.05) is 48.5 Å². The number of fused-ring (bicyclic) bond motifs is 3. The second-order valence-corrected chi connectivity index (χ2v) is 5.46. The molecule has 6 heteroatoms. The van der Waals surface area contributed by atoms with Gasteiger partial charge in [0, 0.05) is 5.92 Å². The minimum absolute atomic E-state index is 0.0536. The molecule has 0 spiro atoms. The summed E-state index contributed by atoms with van der Waals surface area (Å²) in [5, 5.41) is 18.0. The van der Waals surface area contributed by atoms with Crippen molar-refractivity contribution >= 4 is 17.8 Å². The molecule has 0 radical (unpaired) electrons. The standard InChI is InChI=1S/C18H16N2O4/c19-16(17(21)22)9-20-18(23)24-10-15-13-7-3-1-5-11(13)12-6-2-4-8-14(12)15/h1-8,15,19H,9-10H2,(H,20,23)(H,21,22). The third-order valence-electron chi connectivity index (χ3n) is 4.01. The molecule has 3 rings (SSSR count). The Hall–Kier alpha value is -3.15. The minimum atomic E-state index is -1.37. The van der Waals surface area contributed by atoms with Crippen molar-refractivity contribution in [3.63, 3.8) is 0 Å². The minimum Gasteiger partial charge on any atom is -0.477 e. The number of carboxylic acid groups (broad SMARTS) is 1. The summed E-state index contributed by atoms with van der Waals surface area (Å²) in [4.78, 5) is 22.3. The van der Waals surface area contributed by atoms with Gasteiger partial charge in [0.25, 0.3) is 0 Å². The van der Waals surface area contributed by atoms with Crippen LogP contribution in [0.1, 0.15) is 17.0 Å². The number of carbonyl (C=O) groups excluding carboxylic acids is 1. The van der Waals surface area contributed by atoms with E-state index < -0.39 is 17.8 Å². The molecule has 0 fully saturated rings. The molecule has 1 aliphatic carbocycles. The van der Waals surface area contributed by atoms with Gasteiger partial charge in [-0.1, -0.05) is 48.5 Å². The maximum absolute atomic E-state index is 11.7. The van der Waals surface area contributed by atoms with Crippen LogP contribution in [-0.4, -0.2) is 36.0 Å². The van der Waals surface area contributed by atoms with Gasteiger partial charge in [-0.3, -0.25) is 5.41 Å². The highest BCUT2D eigenvalue weighted by atomic mass is 16.5. The molecule has 0 aliphatic heterocycles. The van der Waals surface area contributed by atoms with Crippen LogP contribution in [0.15, 0.2) is 48.5 Å². The third kappa shape index (κ3) is 2.99. The predicted molar refractivity (Wildman–Crippen MR) is 88.4 cm³/mol. The van der Waals surface area contributed by atoms with Gasteiger partial charge in [0.15, 0.2) is 0 Å². The molecule has 0 bridgehead atoms. The maximum atomic E-state index is 11.7. The van der Waals surface area contributed by atoms with E-state index >= 15 is 0 Å². The number of benzene rings is 2. The number of carbonyl (C=O) groups is 2. The average molecular weight is 324 g/mol. The van der Waals surface area contributed by atoms with E-state index in [9.17, 15) is 9.59 Å². The Labute approximate surface area is 138 Å². The van der Waals surface area contributed by atoms with Crippen LogP contribution in [0.5, 0.6) is 0 Å². The summed E-state index contributed by atoms with van der Waals surface area (Å²) >= 11 is 0. The fourth-order valence-electron chi connectivity index (χ4n) is 2.89. The van der Waals surface area contributed by atoms with Crippen LogP contribution in [0, 0.1) is 5.41 Å². The molecule has 6 nitrogen and oxygen atoms in total. The summed E-state index contributed by atoms with van der Waals surface area (Å²) in [5.74, 6) is -1.42. The number of ether oxygens (including phenoxy) is 1. The lowest BCUT2D eigenvalue weighted by Gasteiger charge is -2.14. The van der Waals surface area contributed by atoms with E-state index in [0.29, 0.717) is 0 Å². The zero-order valence-corrected chi connectivity index (χ0v) is 12.8. The summed E-state index contributed by atoms with van der Waals surface area (Å²) in [6, 6.07) is 16.0. The molecular weight excluding hydrogens is 308 g/mol. The fraction of sp³-hybridized carbons (Fsp3) is 0.167. The van der Waals surface area contributed by atoms with Gasteiger partial charge in [0.2, 0.25) is 0 Å². The van der Waals surface area contributed by atoms with Gasteiger partial charge in [-0.05, 0) is 22.3 Å². The lowest BCUT2D eigenvalue weighted by atomic mass is 9.98. The topological polar surface area (TPSA) is 99.5 Å². The van der Waals surface area contributed by atoms with E-state index in [2.05, 4.69) is 5.32 Å². The normalized spacial score (nSPS) is 12.2. The number of alkyl carbamates (subject to hydrolysis) is 1. The molecule has 24 heavy (non-hydrogen) atoms. The fourth-order valence-corrected chi connectivity index (χ4v) is 2.89. The quantitative estimate of drug-likeness (QED) is 0.736. The average Bonchev–Trinajstić information content (AvgIpc) is 2.92. The number of carboxylic acids is 1. The summed E-state index contributed by atoms with van der Waals surface area (Å²) < 4.78 is 5.23. The Morgan fingerprint density at radius 1 is 1.04 bits per heavy atom. The summed E-state index contributed by atoms with van der Waals surface area (Å²) in [7, 11) is 0. The molecular formula is C18H16N2O4. The lowest BCUT2D eigenvalue weighted by Crippen LogP contribution is -2.33. The second kappa shape index (κ2) is 6.54. The van der Waals surface area contributed by atoms with Gasteiger partial charge in [-0.25, -0.2) is 9.59 Å². The van der Waals surface area contributed by atoms with Gasteiger partial charge >= 0.3 is 12.1 Å². The van der Waals surface area contributed by atoms with E-state index in [1.54, 1.807) is 0 Å². The highest BCUT2D eigenvalue weighted by Crippen LogP contribution is 2.44. The van der Waals surface area contributed by atoms with Crippen molar-refractivity contribution in [2.75, 3.05) is 13.2 Å². The van der Waals surface area contributed by atoms with E-state index in [1.165, 1.54) is 0 Å². The van der Waals surface area contributed by atoms with Gasteiger partial charge in [-0.15, -0.1) is 0 Å². The number of aliphatic carboxylic acids is 1. The Morgan fingerprint density at radius 3 is 2.12 bits per heavy atom. The third-order valence-corrected chi connectivity index (χ3v) is 4.01. The van der Waals surface area contributed by atoms with Gasteiger partial charge in [0.1, 0.15) is 12.3 Å². The first kappa shape index (κ1) is 15.7. The van der Waals surface area contributed by atoms with Crippen LogP contribution in [-0.2, 0) is 9.53 Å². The van der Waals surface area contributed by atoms with Crippen molar-refractivity contribution in [1.82, 2.24) is 5.32 Å². The van der Waals surface area contributed by atoms with Gasteiger partial charge in [-0.2, -0.15) is 0 Å². The van der Waals surface area contributed by atoms with Crippen LogP contribution >= 0.6 is 0 Å². The molecule has 0 saturated heterocycles. The van der Waals surface area contributed by atoms with Crippen molar-refractivity contribution in [2.24, 2.45) is 0 Å². The molecule has 0 aromatic heterocycles. The monoisotopic (exact) mass is 324 g/mol. The number of rotatable bonds is 5. The SMILES string of the molecule is N=C(CNC(=O)OCC1c2ccccc2-c2ccccc21)C(=O)O. The molecule has 2 aromatic carbocycles. The summed E-state index contributed by atoms with van der Waals surface area (Å²) in [5.41, 5.74) is 3.88. The smallest absolute Gasteiger partial charge is 0.407 e. The zero-order chi connectivity index (χ0) is 17.1. The van der Waals surface area contributed by atoms with Crippen molar-refractivity contribution in [1.29, 1.82) is 5.41 Å². The molecule has 0 atom stereocenters. The van der Waals surface area contributed by atoms with E-state index in [4.69, 9.17) is 15.3 Å². The largest absolute Gasteiger partial charge is 0.477 e. The Bertz CT molecular complexity index is 771. The summed E-state index contributed by atoms with van der Waals surface area (Å²) in [6.45, 7) is -0.216. The summed E-state index contributed by atoms with van der Waals surface area (Å²) in [6.07, 6.45) is -0.733. The molecule has 2 aromatic rings. The Balaban J connectivity index is 1.68. The maximum Gasteiger partial charge on any atom is 0.407 e. The Kier molecular flexibility index (Phi) is 4.29. The molecule has 3 N–H and O–H groups in total. The molecule has 1 amide bonds. The van der Waals surface area contributed by atoms with Crippen LogP contribution in [0.4, 0.5) is 4.79 Å². The molecule has 0 unspecified atom stereocenters. The number of hydrogen-bond acceptors (Lipinski definition) is 4. The first-order valence-corrected chi connectivity index (χ1v) is 7.47. The molecule has 1 aliphatic rings. The highest BCUT2D eigenvalue weighted by molar-refractivity contribution is 6.35. The van der Waals surface area contributed by atoms with Crippen LogP contribution in [0.3, 0.4) is 0 Å². The molecule has 0 heterocycles. The van der Waals surface area contributed by atoms with Crippen molar-refractivity contribution < 1.29 is 19.4 Å². The van der Waals surface area contributed by atoms with Crippen LogP contribution < -0.4 is 5.32 Å². The van der Waals surface area contributed by atoms with Crippen molar-refractivity contribution in [2.45, 2.75) is 5.92 Å². The first-order valence-electron chi connectivity index (χ1n) is 7.47. The van der Waals surface area contributed by atoms with Crippen molar-refractivity contribution in [3.8, 4) is 11.1 Å².